The zero-order valence-electron chi connectivity index (χ0n) is 16.7. The summed E-state index contributed by atoms with van der Waals surface area (Å²) >= 11 is 6.05. The first-order chi connectivity index (χ1) is 13.6. The Morgan fingerprint density at radius 3 is 2.89 bits per heavy atom. The summed E-state index contributed by atoms with van der Waals surface area (Å²) in [6.07, 6.45) is 3.39. The summed E-state index contributed by atoms with van der Waals surface area (Å²) in [5, 5.41) is 3.73. The van der Waals surface area contributed by atoms with Gasteiger partial charge in [-0.1, -0.05) is 36.7 Å². The normalized spacial score (nSPS) is 14.3. The summed E-state index contributed by atoms with van der Waals surface area (Å²) in [5.41, 5.74) is 3.71. The Kier molecular flexibility index (Phi) is 7.21. The quantitative estimate of drug-likeness (QED) is 0.649. The molecule has 1 aliphatic heterocycles. The number of nitrogens with one attached hydrogen (secondary N) is 1. The molecule has 0 aromatic heterocycles. The molecule has 150 valence electrons. The number of fused-ring (bicyclic) bond motifs is 1. The topological polar surface area (TPSA) is 41.6 Å². The monoisotopic (exact) mass is 400 g/mol. The van der Waals surface area contributed by atoms with Crippen molar-refractivity contribution < 1.29 is 9.53 Å². The van der Waals surface area contributed by atoms with E-state index < -0.39 is 6.10 Å². The highest BCUT2D eigenvalue weighted by molar-refractivity contribution is 6.31. The summed E-state index contributed by atoms with van der Waals surface area (Å²) in [7, 11) is 0. The molecule has 0 spiro atoms. The minimum absolute atomic E-state index is 0.0610. The van der Waals surface area contributed by atoms with Crippen LogP contribution >= 0.6 is 11.6 Å². The van der Waals surface area contributed by atoms with Gasteiger partial charge < -0.3 is 15.0 Å². The van der Waals surface area contributed by atoms with E-state index >= 15 is 0 Å². The van der Waals surface area contributed by atoms with E-state index in [0.29, 0.717) is 23.7 Å². The first kappa shape index (κ1) is 20.5. The van der Waals surface area contributed by atoms with Crippen LogP contribution in [0.5, 0.6) is 5.75 Å². The van der Waals surface area contributed by atoms with E-state index in [4.69, 9.17) is 16.3 Å². The molecule has 3 rings (SSSR count). The Labute approximate surface area is 172 Å². The van der Waals surface area contributed by atoms with Crippen LogP contribution in [0.4, 0.5) is 5.69 Å². The van der Waals surface area contributed by atoms with Crippen LogP contribution in [0.25, 0.3) is 0 Å². The van der Waals surface area contributed by atoms with Crippen molar-refractivity contribution in [1.82, 2.24) is 5.32 Å². The standard InChI is InChI=1S/C23H29ClN2O2/c1-3-22(28-19-11-12-20(24)17(2)16-19)23(27)25-13-7-15-26-14-6-9-18-8-4-5-10-21(18)26/h4-5,8,10-12,16,22H,3,6-7,9,13-15H2,1-2H3,(H,25,27)/t22-/m1/s1. The first-order valence-corrected chi connectivity index (χ1v) is 10.5. The van der Waals surface area contributed by atoms with Crippen molar-refractivity contribution >= 4 is 23.2 Å². The molecule has 1 aliphatic rings. The lowest BCUT2D eigenvalue weighted by atomic mass is 10.0. The molecule has 4 nitrogen and oxygen atoms in total. The third-order valence-corrected chi connectivity index (χ3v) is 5.61. The van der Waals surface area contributed by atoms with Crippen molar-refractivity contribution in [2.24, 2.45) is 0 Å². The smallest absolute Gasteiger partial charge is 0.261 e. The predicted molar refractivity (Wildman–Crippen MR) is 115 cm³/mol. The summed E-state index contributed by atoms with van der Waals surface area (Å²) < 4.78 is 5.87. The Morgan fingerprint density at radius 1 is 1.29 bits per heavy atom. The molecule has 0 saturated carbocycles. The maximum absolute atomic E-state index is 12.5. The maximum Gasteiger partial charge on any atom is 0.261 e. The molecule has 28 heavy (non-hydrogen) atoms. The molecule has 1 atom stereocenters. The molecular formula is C23H29ClN2O2. The van der Waals surface area contributed by atoms with Crippen molar-refractivity contribution in [2.45, 2.75) is 45.6 Å². The summed E-state index contributed by atoms with van der Waals surface area (Å²) in [6.45, 7) is 6.57. The molecule has 1 N–H and O–H groups in total. The molecule has 1 amide bonds. The third-order valence-electron chi connectivity index (χ3n) is 5.18. The van der Waals surface area contributed by atoms with Crippen LogP contribution in [0.3, 0.4) is 0 Å². The summed E-state index contributed by atoms with van der Waals surface area (Å²) in [6, 6.07) is 14.1. The van der Waals surface area contributed by atoms with E-state index in [9.17, 15) is 4.79 Å². The summed E-state index contributed by atoms with van der Waals surface area (Å²) in [5.74, 6) is 0.614. The van der Waals surface area contributed by atoms with Crippen LogP contribution in [0.2, 0.25) is 5.02 Å². The molecule has 0 saturated heterocycles. The Bertz CT molecular complexity index is 809. The van der Waals surface area contributed by atoms with Crippen molar-refractivity contribution in [2.75, 3.05) is 24.5 Å². The average Bonchev–Trinajstić information content (AvgIpc) is 2.71. The Morgan fingerprint density at radius 2 is 2.11 bits per heavy atom. The minimum atomic E-state index is -0.490. The second-order valence-corrected chi connectivity index (χ2v) is 7.70. The molecule has 0 unspecified atom stereocenters. The van der Waals surface area contributed by atoms with Crippen molar-refractivity contribution in [1.29, 1.82) is 0 Å². The lowest BCUT2D eigenvalue weighted by Gasteiger charge is -2.31. The summed E-state index contributed by atoms with van der Waals surface area (Å²) in [4.78, 5) is 14.9. The number of amides is 1. The second-order valence-electron chi connectivity index (χ2n) is 7.29. The van der Waals surface area contributed by atoms with Gasteiger partial charge >= 0.3 is 0 Å². The molecule has 0 radical (unpaired) electrons. The van der Waals surface area contributed by atoms with Gasteiger partial charge in [-0.05, 0) is 68.0 Å². The zero-order valence-corrected chi connectivity index (χ0v) is 17.5. The maximum atomic E-state index is 12.5. The number of halogens is 1. The largest absolute Gasteiger partial charge is 0.481 e. The van der Waals surface area contributed by atoms with E-state index in [2.05, 4.69) is 34.5 Å². The molecule has 1 heterocycles. The van der Waals surface area contributed by atoms with E-state index in [1.807, 2.05) is 19.9 Å². The molecule has 2 aromatic rings. The fourth-order valence-electron chi connectivity index (χ4n) is 3.62. The Hall–Kier alpha value is -2.20. The lowest BCUT2D eigenvalue weighted by molar-refractivity contribution is -0.128. The highest BCUT2D eigenvalue weighted by Crippen LogP contribution is 2.26. The molecule has 2 aromatic carbocycles. The van der Waals surface area contributed by atoms with Crippen LogP contribution in [-0.4, -0.2) is 31.6 Å². The van der Waals surface area contributed by atoms with Crippen LogP contribution in [0, 0.1) is 6.92 Å². The first-order valence-electron chi connectivity index (χ1n) is 10.1. The van der Waals surface area contributed by atoms with Gasteiger partial charge in [0, 0.05) is 30.3 Å². The predicted octanol–water partition coefficient (Wildman–Crippen LogP) is 4.76. The van der Waals surface area contributed by atoms with Crippen LogP contribution in [0.15, 0.2) is 42.5 Å². The fourth-order valence-corrected chi connectivity index (χ4v) is 3.73. The van der Waals surface area contributed by atoms with Gasteiger partial charge in [-0.2, -0.15) is 0 Å². The van der Waals surface area contributed by atoms with Gasteiger partial charge in [-0.25, -0.2) is 0 Å². The van der Waals surface area contributed by atoms with E-state index in [0.717, 1.165) is 31.5 Å². The minimum Gasteiger partial charge on any atom is -0.481 e. The van der Waals surface area contributed by atoms with Crippen LogP contribution in [-0.2, 0) is 11.2 Å². The van der Waals surface area contributed by atoms with Gasteiger partial charge in [0.2, 0.25) is 0 Å². The number of hydrogen-bond acceptors (Lipinski definition) is 3. The SMILES string of the molecule is CC[C@@H](Oc1ccc(Cl)c(C)c1)C(=O)NCCCN1CCCc2ccccc21. The van der Waals surface area contributed by atoms with Gasteiger partial charge in [-0.15, -0.1) is 0 Å². The number of benzene rings is 2. The fraction of sp³-hybridized carbons (Fsp3) is 0.435. The average molecular weight is 401 g/mol. The van der Waals surface area contributed by atoms with E-state index in [1.54, 1.807) is 12.1 Å². The number of hydrogen-bond donors (Lipinski definition) is 1. The number of rotatable bonds is 8. The second kappa shape index (κ2) is 9.83. The van der Waals surface area contributed by atoms with E-state index in [1.165, 1.54) is 17.7 Å². The molecule has 0 bridgehead atoms. The molecule has 0 fully saturated rings. The highest BCUT2D eigenvalue weighted by atomic mass is 35.5. The number of carbonyl (C=O) groups is 1. The van der Waals surface area contributed by atoms with Crippen molar-refractivity contribution in [3.63, 3.8) is 0 Å². The number of carbonyl (C=O) groups excluding carboxylic acids is 1. The van der Waals surface area contributed by atoms with Crippen molar-refractivity contribution in [3.05, 3.63) is 58.6 Å². The van der Waals surface area contributed by atoms with Crippen LogP contribution < -0.4 is 15.0 Å². The molecular weight excluding hydrogens is 372 g/mol. The Balaban J connectivity index is 1.46. The van der Waals surface area contributed by atoms with Crippen LogP contribution in [0.1, 0.15) is 37.3 Å². The molecule has 5 heteroatoms. The number of aryl methyl sites for hydroxylation is 2. The van der Waals surface area contributed by atoms with E-state index in [-0.39, 0.29) is 5.91 Å². The number of ether oxygens (including phenoxy) is 1. The number of nitrogens with zero attached hydrogens (tertiary/aromatic N) is 1. The number of anilines is 1. The van der Waals surface area contributed by atoms with Gasteiger partial charge in [0.25, 0.3) is 5.91 Å². The highest BCUT2D eigenvalue weighted by Gasteiger charge is 2.19. The third kappa shape index (κ3) is 5.20. The van der Waals surface area contributed by atoms with Gasteiger partial charge in [-0.3, -0.25) is 4.79 Å². The number of para-hydroxylation sites is 1. The lowest BCUT2D eigenvalue weighted by Crippen LogP contribution is -2.39. The van der Waals surface area contributed by atoms with Gasteiger partial charge in [0.05, 0.1) is 0 Å². The van der Waals surface area contributed by atoms with Gasteiger partial charge in [0.15, 0.2) is 6.10 Å². The van der Waals surface area contributed by atoms with Gasteiger partial charge in [0.1, 0.15) is 5.75 Å². The van der Waals surface area contributed by atoms with Crippen molar-refractivity contribution in [3.8, 4) is 5.75 Å². The zero-order chi connectivity index (χ0) is 19.9. The molecule has 0 aliphatic carbocycles.